The number of rotatable bonds is 1. The number of carbonyl (C=O) groups excluding carboxylic acids is 1. The number of hydrogen-bond acceptors (Lipinski definition) is 2. The second-order valence-corrected chi connectivity index (χ2v) is 0.726. The molecule has 0 fully saturated rings. The molecule has 0 heterocycles. The van der Waals surface area contributed by atoms with Gasteiger partial charge in [0.1, 0.15) is 6.61 Å². The first-order chi connectivity index (χ1) is 2.81. The lowest BCUT2D eigenvalue weighted by atomic mass is 10.5. The normalized spacial score (nSPS) is 6.67. The number of ketones is 1. The van der Waals surface area contributed by atoms with Gasteiger partial charge >= 0.3 is 0 Å². The first-order valence-corrected chi connectivity index (χ1v) is 1.41. The molecule has 0 aromatic carbocycles. The largest absolute Gasteiger partial charge is 0.387 e. The smallest absolute Gasteiger partial charge is 0.230 e. The molecule has 32 valence electrons. The van der Waals surface area contributed by atoms with Crippen molar-refractivity contribution in [3.63, 3.8) is 0 Å². The average molecular weight is 84.1 g/mol. The van der Waals surface area contributed by atoms with E-state index in [4.69, 9.17) is 5.11 Å². The highest BCUT2D eigenvalue weighted by molar-refractivity contribution is 5.95. The molecule has 0 aromatic rings. The van der Waals surface area contributed by atoms with Crippen LogP contribution in [0.15, 0.2) is 0 Å². The van der Waals surface area contributed by atoms with Crippen molar-refractivity contribution in [1.82, 2.24) is 0 Å². The Bertz CT molecular complexity index is 88.2. The van der Waals surface area contributed by atoms with Gasteiger partial charge in [0.25, 0.3) is 0 Å². The van der Waals surface area contributed by atoms with E-state index in [-0.39, 0.29) is 0 Å². The fourth-order valence-electron chi connectivity index (χ4n) is 0.0456. The van der Waals surface area contributed by atoms with E-state index in [9.17, 15) is 4.79 Å². The monoisotopic (exact) mass is 84.0 g/mol. The van der Waals surface area contributed by atoms with Crippen molar-refractivity contribution < 1.29 is 9.90 Å². The molecule has 0 bridgehead atoms. The predicted molar refractivity (Wildman–Crippen MR) is 20.9 cm³/mol. The van der Waals surface area contributed by atoms with Crippen LogP contribution in [0.5, 0.6) is 0 Å². The van der Waals surface area contributed by atoms with Crippen molar-refractivity contribution in [3.05, 3.63) is 0 Å². The molecule has 6 heavy (non-hydrogen) atoms. The predicted octanol–water partition coefficient (Wildman–Crippen LogP) is -0.819. The van der Waals surface area contributed by atoms with Gasteiger partial charge in [-0.3, -0.25) is 4.79 Å². The van der Waals surface area contributed by atoms with Crippen LogP contribution in [0.4, 0.5) is 0 Å². The van der Waals surface area contributed by atoms with Crippen LogP contribution in [0, 0.1) is 12.3 Å². The fraction of sp³-hybridized carbons (Fsp3) is 0.250. The summed E-state index contributed by atoms with van der Waals surface area (Å²) in [7, 11) is 0. The molecule has 0 spiro atoms. The molecule has 2 nitrogen and oxygen atoms in total. The van der Waals surface area contributed by atoms with E-state index < -0.39 is 12.4 Å². The Hall–Kier alpha value is -0.810. The van der Waals surface area contributed by atoms with Crippen LogP contribution in [0.25, 0.3) is 0 Å². The Labute approximate surface area is 35.8 Å². The van der Waals surface area contributed by atoms with Gasteiger partial charge in [0.2, 0.25) is 5.78 Å². The van der Waals surface area contributed by atoms with Crippen molar-refractivity contribution in [3.8, 4) is 12.3 Å². The molecule has 0 aliphatic rings. The summed E-state index contributed by atoms with van der Waals surface area (Å²) in [6, 6.07) is 0. The number of Topliss-reactive ketones (excluding diaryl/α,β-unsaturated/α-hetero) is 1. The summed E-state index contributed by atoms with van der Waals surface area (Å²) in [4.78, 5) is 9.69. The lowest BCUT2D eigenvalue weighted by Crippen LogP contribution is -1.97. The quantitative estimate of drug-likeness (QED) is 0.333. The lowest BCUT2D eigenvalue weighted by Gasteiger charge is -1.72. The van der Waals surface area contributed by atoms with Gasteiger partial charge in [-0.1, -0.05) is 0 Å². The van der Waals surface area contributed by atoms with Gasteiger partial charge in [-0.15, -0.1) is 6.42 Å². The van der Waals surface area contributed by atoms with Crippen molar-refractivity contribution in [2.24, 2.45) is 0 Å². The molecular weight excluding hydrogens is 80.0 g/mol. The van der Waals surface area contributed by atoms with Crippen LogP contribution in [0.3, 0.4) is 0 Å². The Kier molecular flexibility index (Phi) is 2.10. The summed E-state index contributed by atoms with van der Waals surface area (Å²) in [6.45, 7) is -0.545. The zero-order valence-electron chi connectivity index (χ0n) is 3.14. The highest BCUT2D eigenvalue weighted by atomic mass is 16.3. The maximum Gasteiger partial charge on any atom is 0.230 e. The van der Waals surface area contributed by atoms with Crippen LogP contribution in [-0.4, -0.2) is 17.5 Å². The third-order valence-electron chi connectivity index (χ3n) is 0.305. The molecule has 0 saturated carbocycles. The topological polar surface area (TPSA) is 37.3 Å². The SMILES string of the molecule is C#CC(=O)CO. The highest BCUT2D eigenvalue weighted by Crippen LogP contribution is 1.57. The molecule has 0 rings (SSSR count). The van der Waals surface area contributed by atoms with Gasteiger partial charge in [0.05, 0.1) is 0 Å². The van der Waals surface area contributed by atoms with Crippen LogP contribution < -0.4 is 0 Å². The third kappa shape index (κ3) is 1.50. The molecule has 2 heteroatoms. The number of carbonyl (C=O) groups is 1. The lowest BCUT2D eigenvalue weighted by molar-refractivity contribution is -0.116. The van der Waals surface area contributed by atoms with Gasteiger partial charge in [-0.25, -0.2) is 0 Å². The van der Waals surface area contributed by atoms with E-state index in [0.29, 0.717) is 0 Å². The molecule has 0 amide bonds. The third-order valence-corrected chi connectivity index (χ3v) is 0.305. The number of aliphatic hydroxyl groups excluding tert-OH is 1. The van der Waals surface area contributed by atoms with Crippen molar-refractivity contribution in [2.75, 3.05) is 6.61 Å². The summed E-state index contributed by atoms with van der Waals surface area (Å²) >= 11 is 0. The average Bonchev–Trinajstić information content (AvgIpc) is 1.65. The first kappa shape index (κ1) is 5.19. The number of hydrogen-bond donors (Lipinski definition) is 1. The molecule has 0 aromatic heterocycles. The summed E-state index contributed by atoms with van der Waals surface area (Å²) < 4.78 is 0. The van der Waals surface area contributed by atoms with Gasteiger partial charge in [-0.2, -0.15) is 0 Å². The Balaban J connectivity index is 3.33. The molecule has 0 aliphatic carbocycles. The molecule has 1 N–H and O–H groups in total. The maximum absolute atomic E-state index is 9.69. The van der Waals surface area contributed by atoms with Gasteiger partial charge < -0.3 is 5.11 Å². The van der Waals surface area contributed by atoms with Gasteiger partial charge in [-0.05, 0) is 5.92 Å². The van der Waals surface area contributed by atoms with E-state index in [0.717, 1.165) is 0 Å². The highest BCUT2D eigenvalue weighted by Gasteiger charge is 1.84. The fourth-order valence-corrected chi connectivity index (χ4v) is 0.0456. The summed E-state index contributed by atoms with van der Waals surface area (Å²) in [5, 5.41) is 7.84. The molecular formula is C4H4O2. The molecule has 0 saturated heterocycles. The van der Waals surface area contributed by atoms with E-state index in [1.165, 1.54) is 0 Å². The Morgan fingerprint density at radius 2 is 2.50 bits per heavy atom. The minimum atomic E-state index is -0.574. The Morgan fingerprint density at radius 1 is 2.00 bits per heavy atom. The van der Waals surface area contributed by atoms with E-state index >= 15 is 0 Å². The molecule has 0 radical (unpaired) electrons. The van der Waals surface area contributed by atoms with Crippen molar-refractivity contribution >= 4 is 5.78 Å². The van der Waals surface area contributed by atoms with Gasteiger partial charge in [0, 0.05) is 0 Å². The number of terminal acetylenes is 1. The zero-order chi connectivity index (χ0) is 4.99. The van der Waals surface area contributed by atoms with Crippen molar-refractivity contribution in [2.45, 2.75) is 0 Å². The van der Waals surface area contributed by atoms with E-state index in [1.807, 2.05) is 0 Å². The van der Waals surface area contributed by atoms with Gasteiger partial charge in [0.15, 0.2) is 0 Å². The second kappa shape index (κ2) is 2.43. The minimum absolute atomic E-state index is 0.545. The standard InChI is InChI=1S/C4H4O2/c1-2-4(6)3-5/h1,5H,3H2. The summed E-state index contributed by atoms with van der Waals surface area (Å²) in [5.41, 5.74) is 0. The minimum Gasteiger partial charge on any atom is -0.387 e. The summed E-state index contributed by atoms with van der Waals surface area (Å²) in [6.07, 6.45) is 4.52. The van der Waals surface area contributed by atoms with Crippen LogP contribution in [0.2, 0.25) is 0 Å². The zero-order valence-corrected chi connectivity index (χ0v) is 3.14. The molecule has 0 unspecified atom stereocenters. The van der Waals surface area contributed by atoms with E-state index in [2.05, 4.69) is 6.42 Å². The maximum atomic E-state index is 9.69. The first-order valence-electron chi connectivity index (χ1n) is 1.41. The van der Waals surface area contributed by atoms with Crippen LogP contribution in [0.1, 0.15) is 0 Å². The van der Waals surface area contributed by atoms with Crippen LogP contribution >= 0.6 is 0 Å². The molecule has 0 aliphatic heterocycles. The van der Waals surface area contributed by atoms with E-state index in [1.54, 1.807) is 5.92 Å². The Morgan fingerprint density at radius 3 is 2.50 bits per heavy atom. The van der Waals surface area contributed by atoms with Crippen LogP contribution in [-0.2, 0) is 4.79 Å². The second-order valence-electron chi connectivity index (χ2n) is 0.726. The molecule has 0 atom stereocenters. The summed E-state index contributed by atoms with van der Waals surface area (Å²) in [5.74, 6) is 1.15. The van der Waals surface area contributed by atoms with Crippen molar-refractivity contribution in [1.29, 1.82) is 0 Å². The number of aliphatic hydroxyl groups is 1.